The van der Waals surface area contributed by atoms with Gasteiger partial charge >= 0.3 is 0 Å². The van der Waals surface area contributed by atoms with Gasteiger partial charge in [0, 0.05) is 43.6 Å². The van der Waals surface area contributed by atoms with E-state index in [1.165, 1.54) is 45.2 Å². The summed E-state index contributed by atoms with van der Waals surface area (Å²) in [5.74, 6) is 1.51. The van der Waals surface area contributed by atoms with E-state index in [9.17, 15) is 4.79 Å². The number of hydrogen-bond donors (Lipinski definition) is 1. The largest absolute Gasteiger partial charge is 0.376 e. The van der Waals surface area contributed by atoms with Crippen LogP contribution in [0.1, 0.15) is 57.8 Å². The molecule has 5 rings (SSSR count). The molecule has 5 nitrogen and oxygen atoms in total. The average Bonchev–Trinajstić information content (AvgIpc) is 3.03. The monoisotopic (exact) mass is 361 g/mol. The second kappa shape index (κ2) is 7.40. The molecule has 1 amide bonds. The zero-order valence-electron chi connectivity index (χ0n) is 16.1. The number of amides is 1. The second-order valence-corrected chi connectivity index (χ2v) is 9.29. The lowest BCUT2D eigenvalue weighted by molar-refractivity contribution is -0.139. The Kier molecular flexibility index (Phi) is 4.97. The van der Waals surface area contributed by atoms with E-state index in [0.29, 0.717) is 36.1 Å². The molecule has 3 saturated heterocycles. The fourth-order valence-corrected chi connectivity index (χ4v) is 6.00. The molecule has 4 atom stereocenters. The van der Waals surface area contributed by atoms with Crippen LogP contribution in [0.15, 0.2) is 0 Å². The summed E-state index contributed by atoms with van der Waals surface area (Å²) in [6.07, 6.45) is 11.5. The number of likely N-dealkylation sites (tertiary alicyclic amines) is 2. The van der Waals surface area contributed by atoms with Crippen LogP contribution in [0.2, 0.25) is 0 Å². The fourth-order valence-electron chi connectivity index (χ4n) is 6.00. The highest BCUT2D eigenvalue weighted by atomic mass is 16.5. The molecule has 26 heavy (non-hydrogen) atoms. The predicted molar refractivity (Wildman–Crippen MR) is 101 cm³/mol. The minimum absolute atomic E-state index is 0.353. The summed E-state index contributed by atoms with van der Waals surface area (Å²) in [5.41, 5.74) is 0. The van der Waals surface area contributed by atoms with Crippen LogP contribution in [0.5, 0.6) is 0 Å². The van der Waals surface area contributed by atoms with Gasteiger partial charge in [0.2, 0.25) is 5.91 Å². The van der Waals surface area contributed by atoms with Crippen molar-refractivity contribution in [3.8, 4) is 0 Å². The van der Waals surface area contributed by atoms with Crippen LogP contribution < -0.4 is 5.32 Å². The molecule has 0 aromatic rings. The first-order valence-corrected chi connectivity index (χ1v) is 11.2. The summed E-state index contributed by atoms with van der Waals surface area (Å²) in [5, 5.41) is 4.03. The number of carbonyl (C=O) groups excluding carboxylic acids is 1. The van der Waals surface area contributed by atoms with Gasteiger partial charge in [-0.05, 0) is 58.0 Å². The van der Waals surface area contributed by atoms with Crippen molar-refractivity contribution in [3.05, 3.63) is 0 Å². The summed E-state index contributed by atoms with van der Waals surface area (Å²) in [4.78, 5) is 17.3. The molecule has 0 aromatic heterocycles. The molecule has 2 saturated carbocycles. The normalized spacial score (nSPS) is 39.3. The van der Waals surface area contributed by atoms with E-state index in [2.05, 4.69) is 15.1 Å². The second-order valence-electron chi connectivity index (χ2n) is 9.29. The Bertz CT molecular complexity index is 509. The van der Waals surface area contributed by atoms with Crippen molar-refractivity contribution in [2.75, 3.05) is 32.8 Å². The van der Waals surface area contributed by atoms with Crippen molar-refractivity contribution < 1.29 is 9.53 Å². The number of fused-ring (bicyclic) bond motifs is 1. The lowest BCUT2D eigenvalue weighted by Crippen LogP contribution is -2.72. The summed E-state index contributed by atoms with van der Waals surface area (Å²) in [6, 6.07) is 1.79. The van der Waals surface area contributed by atoms with Gasteiger partial charge in [-0.3, -0.25) is 9.69 Å². The van der Waals surface area contributed by atoms with Gasteiger partial charge in [0.1, 0.15) is 0 Å². The van der Waals surface area contributed by atoms with E-state index in [1.807, 2.05) is 0 Å². The van der Waals surface area contributed by atoms with E-state index in [-0.39, 0.29) is 0 Å². The van der Waals surface area contributed by atoms with Gasteiger partial charge in [0.25, 0.3) is 0 Å². The Labute approximate surface area is 157 Å². The lowest BCUT2D eigenvalue weighted by atomic mass is 9.69. The third-order valence-electron chi connectivity index (χ3n) is 7.85. The molecular formula is C21H35N3O2. The van der Waals surface area contributed by atoms with Gasteiger partial charge in [-0.2, -0.15) is 0 Å². The highest BCUT2D eigenvalue weighted by molar-refractivity contribution is 5.79. The smallest absolute Gasteiger partial charge is 0.225 e. The number of piperidine rings is 2. The van der Waals surface area contributed by atoms with Crippen LogP contribution >= 0.6 is 0 Å². The maximum atomic E-state index is 12.5. The maximum absolute atomic E-state index is 12.5. The molecule has 0 spiro atoms. The minimum atomic E-state index is 0.353. The molecule has 5 aliphatic rings. The highest BCUT2D eigenvalue weighted by Gasteiger charge is 2.56. The molecule has 0 radical (unpaired) electrons. The van der Waals surface area contributed by atoms with Crippen LogP contribution in [-0.2, 0) is 9.53 Å². The average molecular weight is 362 g/mol. The summed E-state index contributed by atoms with van der Waals surface area (Å²) in [7, 11) is 0. The number of carbonyl (C=O) groups is 1. The first-order chi connectivity index (χ1) is 12.8. The Morgan fingerprint density at radius 3 is 2.35 bits per heavy atom. The van der Waals surface area contributed by atoms with Crippen LogP contribution in [0, 0.1) is 11.8 Å². The van der Waals surface area contributed by atoms with Crippen molar-refractivity contribution in [2.45, 2.75) is 82.0 Å². The quantitative estimate of drug-likeness (QED) is 0.832. The number of nitrogens with one attached hydrogen (secondary N) is 1. The number of nitrogens with zero attached hydrogens (tertiary/aromatic N) is 2. The summed E-state index contributed by atoms with van der Waals surface area (Å²) < 4.78 is 6.10. The van der Waals surface area contributed by atoms with E-state index in [0.717, 1.165) is 51.3 Å². The third kappa shape index (κ3) is 3.10. The first kappa shape index (κ1) is 17.4. The number of hydrogen-bond acceptors (Lipinski definition) is 4. The van der Waals surface area contributed by atoms with E-state index in [4.69, 9.17) is 4.74 Å². The molecule has 5 fully saturated rings. The van der Waals surface area contributed by atoms with Crippen LogP contribution in [0.3, 0.4) is 0 Å². The molecule has 0 unspecified atom stereocenters. The van der Waals surface area contributed by atoms with E-state index >= 15 is 0 Å². The highest BCUT2D eigenvalue weighted by Crippen LogP contribution is 2.43. The Balaban J connectivity index is 1.16. The van der Waals surface area contributed by atoms with Crippen molar-refractivity contribution in [2.24, 2.45) is 11.8 Å². The molecular weight excluding hydrogens is 326 g/mol. The molecule has 3 aliphatic heterocycles. The molecule has 146 valence electrons. The van der Waals surface area contributed by atoms with Crippen molar-refractivity contribution in [1.29, 1.82) is 0 Å². The van der Waals surface area contributed by atoms with E-state index in [1.54, 1.807) is 0 Å². The summed E-state index contributed by atoms with van der Waals surface area (Å²) >= 11 is 0. The van der Waals surface area contributed by atoms with Gasteiger partial charge < -0.3 is 15.0 Å². The third-order valence-corrected chi connectivity index (χ3v) is 7.85. The van der Waals surface area contributed by atoms with Gasteiger partial charge in [0.15, 0.2) is 0 Å². The standard InChI is InChI=1S/C21H35N3O2/c25-21(15-5-4-6-15)24-12-7-16(8-13-24)22-18-17-9-14-26-20(17)19(18)23-10-2-1-3-11-23/h15-20,22H,1-14H2/t17-,18+,19-,20-/m1/s1. The Morgan fingerprint density at radius 1 is 0.885 bits per heavy atom. The van der Waals surface area contributed by atoms with Crippen molar-refractivity contribution in [3.63, 3.8) is 0 Å². The van der Waals surface area contributed by atoms with Gasteiger partial charge in [-0.15, -0.1) is 0 Å². The lowest BCUT2D eigenvalue weighted by Gasteiger charge is -2.55. The molecule has 0 aromatic carbocycles. The molecule has 1 N–H and O–H groups in total. The molecule has 3 heterocycles. The molecule has 2 aliphatic carbocycles. The van der Waals surface area contributed by atoms with E-state index < -0.39 is 0 Å². The predicted octanol–water partition coefficient (Wildman–Crippen LogP) is 2.01. The van der Waals surface area contributed by atoms with Crippen LogP contribution in [0.4, 0.5) is 0 Å². The van der Waals surface area contributed by atoms with Crippen molar-refractivity contribution >= 4 is 5.91 Å². The number of rotatable bonds is 4. The van der Waals surface area contributed by atoms with Crippen molar-refractivity contribution in [1.82, 2.24) is 15.1 Å². The Hall–Kier alpha value is -0.650. The minimum Gasteiger partial charge on any atom is -0.376 e. The van der Waals surface area contributed by atoms with Crippen LogP contribution in [-0.4, -0.2) is 72.7 Å². The van der Waals surface area contributed by atoms with Crippen LogP contribution in [0.25, 0.3) is 0 Å². The molecule has 5 heteroatoms. The SMILES string of the molecule is O=C(C1CCC1)N1CCC(N[C@H]2[C@H]3CCO[C@H]3[C@@H]2N2CCCCC2)CC1. The maximum Gasteiger partial charge on any atom is 0.225 e. The van der Waals surface area contributed by atoms with Gasteiger partial charge in [0.05, 0.1) is 12.1 Å². The zero-order valence-corrected chi connectivity index (χ0v) is 16.1. The molecule has 0 bridgehead atoms. The number of ether oxygens (including phenoxy) is 1. The first-order valence-electron chi connectivity index (χ1n) is 11.2. The Morgan fingerprint density at radius 2 is 1.65 bits per heavy atom. The fraction of sp³-hybridized carbons (Fsp3) is 0.952. The topological polar surface area (TPSA) is 44.8 Å². The zero-order chi connectivity index (χ0) is 17.5. The van der Waals surface area contributed by atoms with Gasteiger partial charge in [-0.25, -0.2) is 0 Å². The summed E-state index contributed by atoms with van der Waals surface area (Å²) in [6.45, 7) is 5.37. The van der Waals surface area contributed by atoms with Gasteiger partial charge in [-0.1, -0.05) is 12.8 Å².